The summed E-state index contributed by atoms with van der Waals surface area (Å²) in [5, 5.41) is 20.8. The molecule has 0 bridgehead atoms. The molecule has 2 aromatic rings. The fraction of sp³-hybridized carbons (Fsp3) is 0.538. The van der Waals surface area contributed by atoms with Crippen LogP contribution >= 0.6 is 0 Å². The van der Waals surface area contributed by atoms with E-state index in [0.29, 0.717) is 6.04 Å². The minimum atomic E-state index is -1.04. The number of carbonyl (C=O) groups is 1. The van der Waals surface area contributed by atoms with Gasteiger partial charge in [0.25, 0.3) is 0 Å². The lowest BCUT2D eigenvalue weighted by atomic mass is 10.1. The monoisotopic (exact) mass is 290 g/mol. The van der Waals surface area contributed by atoms with Crippen molar-refractivity contribution in [3.63, 3.8) is 0 Å². The van der Waals surface area contributed by atoms with Crippen molar-refractivity contribution in [3.8, 4) is 0 Å². The molecule has 1 saturated heterocycles. The molecule has 1 N–H and O–H groups in total. The molecule has 0 saturated carbocycles. The van der Waals surface area contributed by atoms with Crippen LogP contribution in [0.1, 0.15) is 42.1 Å². The highest BCUT2D eigenvalue weighted by Gasteiger charge is 2.30. The van der Waals surface area contributed by atoms with Crippen molar-refractivity contribution < 1.29 is 9.90 Å². The van der Waals surface area contributed by atoms with Gasteiger partial charge in [-0.05, 0) is 19.9 Å². The molecule has 0 amide bonds. The molecular weight excluding hydrogens is 272 g/mol. The Balaban J connectivity index is 1.54. The highest BCUT2D eigenvalue weighted by molar-refractivity contribution is 5.84. The molecular formula is C13H18N6O2. The largest absolute Gasteiger partial charge is 0.476 e. The zero-order valence-electron chi connectivity index (χ0n) is 12.0. The smallest absolute Gasteiger partial charge is 0.358 e. The zero-order chi connectivity index (χ0) is 15.0. The summed E-state index contributed by atoms with van der Waals surface area (Å²) >= 11 is 0. The molecule has 1 fully saturated rings. The molecule has 1 aliphatic rings. The van der Waals surface area contributed by atoms with Gasteiger partial charge in [-0.3, -0.25) is 9.58 Å². The Hall–Kier alpha value is -2.22. The molecule has 1 aliphatic heterocycles. The van der Waals surface area contributed by atoms with E-state index in [1.54, 1.807) is 4.68 Å². The zero-order valence-corrected chi connectivity index (χ0v) is 12.0. The van der Waals surface area contributed by atoms with Gasteiger partial charge >= 0.3 is 5.97 Å². The average Bonchev–Trinajstić information content (AvgIpc) is 3.02. The van der Waals surface area contributed by atoms with Gasteiger partial charge in [-0.1, -0.05) is 5.21 Å². The normalized spacial score (nSPS) is 16.3. The van der Waals surface area contributed by atoms with E-state index in [1.165, 1.54) is 6.20 Å². The van der Waals surface area contributed by atoms with Gasteiger partial charge in [0, 0.05) is 31.9 Å². The van der Waals surface area contributed by atoms with Crippen LogP contribution in [0.3, 0.4) is 0 Å². The van der Waals surface area contributed by atoms with E-state index in [4.69, 9.17) is 5.11 Å². The highest BCUT2D eigenvalue weighted by atomic mass is 16.4. The van der Waals surface area contributed by atoms with Gasteiger partial charge in [-0.2, -0.15) is 5.10 Å². The summed E-state index contributed by atoms with van der Waals surface area (Å²) in [6.07, 6.45) is 3.48. The van der Waals surface area contributed by atoms with E-state index < -0.39 is 5.97 Å². The summed E-state index contributed by atoms with van der Waals surface area (Å²) < 4.78 is 3.58. The first-order valence-electron chi connectivity index (χ1n) is 6.94. The number of rotatable bonds is 5. The third-order valence-corrected chi connectivity index (χ3v) is 3.62. The van der Waals surface area contributed by atoms with Gasteiger partial charge in [-0.25, -0.2) is 9.48 Å². The molecule has 0 spiro atoms. The summed E-state index contributed by atoms with van der Waals surface area (Å²) in [5.41, 5.74) is 1.04. The van der Waals surface area contributed by atoms with Crippen LogP contribution in [-0.4, -0.2) is 53.8 Å². The second kappa shape index (κ2) is 5.28. The van der Waals surface area contributed by atoms with E-state index in [9.17, 15) is 4.79 Å². The maximum Gasteiger partial charge on any atom is 0.358 e. The van der Waals surface area contributed by atoms with Crippen molar-refractivity contribution in [1.82, 2.24) is 29.7 Å². The Morgan fingerprint density at radius 3 is 2.81 bits per heavy atom. The predicted octanol–water partition coefficient (Wildman–Crippen LogP) is 0.811. The minimum absolute atomic E-state index is 0.0101. The van der Waals surface area contributed by atoms with Gasteiger partial charge in [0.2, 0.25) is 0 Å². The number of carboxylic acids is 1. The van der Waals surface area contributed by atoms with Crippen LogP contribution in [0.5, 0.6) is 0 Å². The van der Waals surface area contributed by atoms with Crippen LogP contribution in [0.2, 0.25) is 0 Å². The molecule has 21 heavy (non-hydrogen) atoms. The molecule has 0 radical (unpaired) electrons. The van der Waals surface area contributed by atoms with E-state index in [0.717, 1.165) is 25.3 Å². The summed E-state index contributed by atoms with van der Waals surface area (Å²) in [5.74, 6) is -1.04. The molecule has 3 rings (SSSR count). The molecule has 8 heteroatoms. The highest BCUT2D eigenvalue weighted by Crippen LogP contribution is 2.22. The summed E-state index contributed by atoms with van der Waals surface area (Å²) in [7, 11) is 0. The van der Waals surface area contributed by atoms with Crippen molar-refractivity contribution >= 4 is 5.97 Å². The van der Waals surface area contributed by atoms with Gasteiger partial charge in [-0.15, -0.1) is 5.10 Å². The van der Waals surface area contributed by atoms with Crippen molar-refractivity contribution in [2.45, 2.75) is 32.5 Å². The minimum Gasteiger partial charge on any atom is -0.476 e. The number of carboxylic acid groups (broad SMARTS) is 1. The van der Waals surface area contributed by atoms with Crippen LogP contribution in [-0.2, 0) is 6.54 Å². The van der Waals surface area contributed by atoms with Crippen LogP contribution in [0.15, 0.2) is 18.5 Å². The number of aromatic nitrogens is 5. The first kappa shape index (κ1) is 13.7. The standard InChI is InChI=1S/C13H18N6O2/c1-9(2)18-4-3-10(15-18)5-17-6-11(7-17)19-8-12(13(20)21)14-16-19/h3-4,8-9,11H,5-7H2,1-2H3,(H,20,21). The number of likely N-dealkylation sites (tertiary alicyclic amines) is 1. The topological polar surface area (TPSA) is 89.1 Å². The third-order valence-electron chi connectivity index (χ3n) is 3.62. The molecule has 112 valence electrons. The number of hydrogen-bond acceptors (Lipinski definition) is 5. The first-order valence-corrected chi connectivity index (χ1v) is 6.94. The number of nitrogens with zero attached hydrogens (tertiary/aromatic N) is 6. The van der Waals surface area contributed by atoms with Gasteiger partial charge in [0.05, 0.1) is 17.9 Å². The van der Waals surface area contributed by atoms with Gasteiger partial charge < -0.3 is 5.11 Å². The van der Waals surface area contributed by atoms with Crippen LogP contribution in [0.4, 0.5) is 0 Å². The Kier molecular flexibility index (Phi) is 3.46. The Bertz CT molecular complexity index is 641. The van der Waals surface area contributed by atoms with Crippen molar-refractivity contribution in [1.29, 1.82) is 0 Å². The third kappa shape index (κ3) is 2.80. The maximum atomic E-state index is 10.8. The maximum absolute atomic E-state index is 10.8. The quantitative estimate of drug-likeness (QED) is 0.876. The first-order chi connectivity index (χ1) is 10.0. The molecule has 2 aromatic heterocycles. The van der Waals surface area contributed by atoms with E-state index in [1.807, 2.05) is 16.9 Å². The summed E-state index contributed by atoms with van der Waals surface area (Å²) in [4.78, 5) is 13.0. The lowest BCUT2D eigenvalue weighted by Crippen LogP contribution is -2.47. The van der Waals surface area contributed by atoms with Gasteiger partial charge in [0.1, 0.15) is 0 Å². The second-order valence-electron chi connectivity index (χ2n) is 5.62. The molecule has 3 heterocycles. The molecule has 0 atom stereocenters. The van der Waals surface area contributed by atoms with Crippen LogP contribution in [0, 0.1) is 0 Å². The number of hydrogen-bond donors (Lipinski definition) is 1. The van der Waals surface area contributed by atoms with Crippen molar-refractivity contribution in [2.24, 2.45) is 0 Å². The van der Waals surface area contributed by atoms with E-state index >= 15 is 0 Å². The SMILES string of the molecule is CC(C)n1ccc(CN2CC(n3cc(C(=O)O)nn3)C2)n1. The van der Waals surface area contributed by atoms with E-state index in [2.05, 4.69) is 34.2 Å². The van der Waals surface area contributed by atoms with Crippen LogP contribution < -0.4 is 0 Å². The fourth-order valence-electron chi connectivity index (χ4n) is 2.37. The summed E-state index contributed by atoms with van der Waals surface area (Å²) in [6.45, 7) is 6.66. The lowest BCUT2D eigenvalue weighted by molar-refractivity contribution is 0.0690. The Morgan fingerprint density at radius 1 is 1.48 bits per heavy atom. The average molecular weight is 290 g/mol. The molecule has 8 nitrogen and oxygen atoms in total. The molecule has 0 aromatic carbocycles. The molecule has 0 unspecified atom stereocenters. The Labute approximate surface area is 122 Å². The predicted molar refractivity (Wildman–Crippen MR) is 73.9 cm³/mol. The van der Waals surface area contributed by atoms with Crippen molar-refractivity contribution in [2.75, 3.05) is 13.1 Å². The summed E-state index contributed by atoms with van der Waals surface area (Å²) in [6, 6.07) is 2.59. The van der Waals surface area contributed by atoms with Gasteiger partial charge in [0.15, 0.2) is 5.69 Å². The van der Waals surface area contributed by atoms with Crippen LogP contribution in [0.25, 0.3) is 0 Å². The molecule has 0 aliphatic carbocycles. The number of aromatic carboxylic acids is 1. The van der Waals surface area contributed by atoms with Crippen molar-refractivity contribution in [3.05, 3.63) is 29.8 Å². The second-order valence-corrected chi connectivity index (χ2v) is 5.62. The fourth-order valence-corrected chi connectivity index (χ4v) is 2.37. The lowest BCUT2D eigenvalue weighted by Gasteiger charge is -2.38. The van der Waals surface area contributed by atoms with E-state index in [-0.39, 0.29) is 11.7 Å². The Morgan fingerprint density at radius 2 is 2.24 bits per heavy atom.